The van der Waals surface area contributed by atoms with Crippen LogP contribution in [-0.4, -0.2) is 4.98 Å². The first-order valence-electron chi connectivity index (χ1n) is 14.8. The van der Waals surface area contributed by atoms with Gasteiger partial charge in [-0.1, -0.05) is 97.0 Å². The number of aromatic nitrogens is 1. The lowest BCUT2D eigenvalue weighted by atomic mass is 9.76. The lowest BCUT2D eigenvalue weighted by molar-refractivity contribution is 0.297. The fraction of sp³-hybridized carbons (Fsp3) is 0.839. The van der Waals surface area contributed by atoms with Crippen LogP contribution in [0.4, 0.5) is 0 Å². The molecular formula is C31H53N. The number of pyridine rings is 1. The summed E-state index contributed by atoms with van der Waals surface area (Å²) < 4.78 is 0. The highest BCUT2D eigenvalue weighted by molar-refractivity contribution is 5.21. The summed E-state index contributed by atoms with van der Waals surface area (Å²) >= 11 is 0. The Morgan fingerprint density at radius 1 is 0.594 bits per heavy atom. The summed E-state index contributed by atoms with van der Waals surface area (Å²) in [7, 11) is 0. The second-order valence-corrected chi connectivity index (χ2v) is 11.4. The Bertz CT molecular complexity index is 575. The quantitative estimate of drug-likeness (QED) is 0.263. The first kappa shape index (κ1) is 25.8. The molecule has 0 radical (unpaired) electrons. The van der Waals surface area contributed by atoms with Gasteiger partial charge in [-0.2, -0.15) is 0 Å². The lowest BCUT2D eigenvalue weighted by Crippen LogP contribution is -2.15. The van der Waals surface area contributed by atoms with Gasteiger partial charge in [0.1, 0.15) is 0 Å². The van der Waals surface area contributed by atoms with Crippen molar-refractivity contribution in [2.24, 2.45) is 11.8 Å². The molecule has 0 bridgehead atoms. The van der Waals surface area contributed by atoms with Crippen LogP contribution in [0.5, 0.6) is 0 Å². The second kappa shape index (κ2) is 15.1. The molecule has 1 heterocycles. The van der Waals surface area contributed by atoms with Crippen molar-refractivity contribution in [1.82, 2.24) is 4.98 Å². The Hall–Kier alpha value is -0.850. The molecule has 2 aliphatic carbocycles. The summed E-state index contributed by atoms with van der Waals surface area (Å²) in [6.45, 7) is 4.62. The van der Waals surface area contributed by atoms with E-state index in [1.54, 1.807) is 0 Å². The highest BCUT2D eigenvalue weighted by Gasteiger charge is 2.25. The summed E-state index contributed by atoms with van der Waals surface area (Å²) in [6, 6.07) is 4.84. The smallest absolute Gasteiger partial charge is 0.0434 e. The maximum Gasteiger partial charge on any atom is 0.0434 e. The van der Waals surface area contributed by atoms with Gasteiger partial charge in [-0.3, -0.25) is 4.98 Å². The minimum atomic E-state index is 0.726. The van der Waals surface area contributed by atoms with Crippen molar-refractivity contribution in [3.63, 3.8) is 0 Å². The molecule has 3 rings (SSSR count). The first-order chi connectivity index (χ1) is 15.8. The average molecular weight is 440 g/mol. The Morgan fingerprint density at radius 2 is 1.09 bits per heavy atom. The van der Waals surface area contributed by atoms with Crippen LogP contribution in [0.1, 0.15) is 165 Å². The largest absolute Gasteiger partial charge is 0.261 e. The molecule has 1 nitrogen and oxygen atoms in total. The number of nitrogens with zero attached hydrogens (tertiary/aromatic N) is 1. The van der Waals surface area contributed by atoms with Crippen LogP contribution in [0.15, 0.2) is 18.3 Å². The van der Waals surface area contributed by atoms with Gasteiger partial charge in [0.05, 0.1) is 0 Å². The molecule has 1 heteroatoms. The molecule has 2 aliphatic rings. The third-order valence-electron chi connectivity index (χ3n) is 8.82. The average Bonchev–Trinajstić information content (AvgIpc) is 2.85. The van der Waals surface area contributed by atoms with Crippen molar-refractivity contribution in [2.45, 2.75) is 154 Å². The molecule has 0 unspecified atom stereocenters. The van der Waals surface area contributed by atoms with E-state index < -0.39 is 0 Å². The van der Waals surface area contributed by atoms with Gasteiger partial charge < -0.3 is 0 Å². The molecule has 0 saturated heterocycles. The van der Waals surface area contributed by atoms with E-state index in [1.165, 1.54) is 140 Å². The fourth-order valence-corrected chi connectivity index (χ4v) is 6.50. The van der Waals surface area contributed by atoms with Crippen molar-refractivity contribution >= 4 is 0 Å². The van der Waals surface area contributed by atoms with Crippen LogP contribution in [0.3, 0.4) is 0 Å². The summed E-state index contributed by atoms with van der Waals surface area (Å²) in [5.41, 5.74) is 2.91. The standard InChI is InChI=1S/C31H53N/c1-3-5-7-9-10-12-14-26-15-19-28(20-16-26)30-23-24-31(32-25-30)29-21-17-27(18-22-29)13-11-8-6-4-2/h23-29H,3-22H2,1-2H3. The van der Waals surface area contributed by atoms with E-state index in [2.05, 4.69) is 32.2 Å². The molecule has 1 aromatic rings. The lowest BCUT2D eigenvalue weighted by Gasteiger charge is -2.30. The van der Waals surface area contributed by atoms with Crippen LogP contribution in [0, 0.1) is 11.8 Å². The molecule has 32 heavy (non-hydrogen) atoms. The predicted molar refractivity (Wildman–Crippen MR) is 140 cm³/mol. The zero-order valence-electron chi connectivity index (χ0n) is 21.6. The van der Waals surface area contributed by atoms with Gasteiger partial charge in [-0.15, -0.1) is 0 Å². The minimum absolute atomic E-state index is 0.726. The predicted octanol–water partition coefficient (Wildman–Crippen LogP) is 10.4. The SMILES string of the molecule is CCCCCCCCC1CCC(c2ccc(C3CCC(CCCCCC)CC3)nc2)CC1. The Balaban J connectivity index is 1.32. The van der Waals surface area contributed by atoms with E-state index in [0.29, 0.717) is 0 Å². The Morgan fingerprint density at radius 3 is 1.62 bits per heavy atom. The van der Waals surface area contributed by atoms with Crippen LogP contribution in [0.2, 0.25) is 0 Å². The number of hydrogen-bond donors (Lipinski definition) is 0. The van der Waals surface area contributed by atoms with Crippen LogP contribution in [0.25, 0.3) is 0 Å². The molecule has 0 atom stereocenters. The van der Waals surface area contributed by atoms with E-state index >= 15 is 0 Å². The molecule has 0 amide bonds. The molecule has 0 aromatic carbocycles. The molecule has 2 saturated carbocycles. The molecular weight excluding hydrogens is 386 g/mol. The van der Waals surface area contributed by atoms with E-state index in [0.717, 1.165) is 23.7 Å². The summed E-state index contributed by atoms with van der Waals surface area (Å²) in [6.07, 6.45) is 30.8. The highest BCUT2D eigenvalue weighted by atomic mass is 14.7. The molecule has 2 fully saturated rings. The fourth-order valence-electron chi connectivity index (χ4n) is 6.50. The highest BCUT2D eigenvalue weighted by Crippen LogP contribution is 2.40. The maximum absolute atomic E-state index is 4.99. The zero-order valence-corrected chi connectivity index (χ0v) is 21.6. The van der Waals surface area contributed by atoms with Gasteiger partial charge in [0.25, 0.3) is 0 Å². The van der Waals surface area contributed by atoms with Crippen molar-refractivity contribution in [2.75, 3.05) is 0 Å². The van der Waals surface area contributed by atoms with Gasteiger partial charge in [0.15, 0.2) is 0 Å². The van der Waals surface area contributed by atoms with Crippen LogP contribution in [-0.2, 0) is 0 Å². The monoisotopic (exact) mass is 439 g/mol. The third kappa shape index (κ3) is 8.83. The van der Waals surface area contributed by atoms with Gasteiger partial charge in [0.2, 0.25) is 0 Å². The minimum Gasteiger partial charge on any atom is -0.261 e. The zero-order chi connectivity index (χ0) is 22.4. The van der Waals surface area contributed by atoms with Crippen molar-refractivity contribution in [3.05, 3.63) is 29.6 Å². The van der Waals surface area contributed by atoms with Gasteiger partial charge in [-0.25, -0.2) is 0 Å². The molecule has 0 N–H and O–H groups in total. The van der Waals surface area contributed by atoms with Crippen molar-refractivity contribution in [1.29, 1.82) is 0 Å². The molecule has 182 valence electrons. The van der Waals surface area contributed by atoms with E-state index in [-0.39, 0.29) is 0 Å². The van der Waals surface area contributed by atoms with E-state index in [1.807, 2.05) is 0 Å². The van der Waals surface area contributed by atoms with E-state index in [9.17, 15) is 0 Å². The molecule has 1 aromatic heterocycles. The summed E-state index contributed by atoms with van der Waals surface area (Å²) in [5, 5.41) is 0. The van der Waals surface area contributed by atoms with Gasteiger partial charge >= 0.3 is 0 Å². The molecule has 0 aliphatic heterocycles. The number of rotatable bonds is 14. The second-order valence-electron chi connectivity index (χ2n) is 11.4. The van der Waals surface area contributed by atoms with Crippen molar-refractivity contribution < 1.29 is 0 Å². The molecule has 0 spiro atoms. The van der Waals surface area contributed by atoms with Gasteiger partial charge in [-0.05, 0) is 80.8 Å². The van der Waals surface area contributed by atoms with Crippen LogP contribution >= 0.6 is 0 Å². The first-order valence-corrected chi connectivity index (χ1v) is 14.8. The summed E-state index contributed by atoms with van der Waals surface area (Å²) in [4.78, 5) is 4.99. The number of unbranched alkanes of at least 4 members (excludes halogenated alkanes) is 8. The Labute approximate surface area is 200 Å². The topological polar surface area (TPSA) is 12.9 Å². The van der Waals surface area contributed by atoms with Gasteiger partial charge in [0, 0.05) is 17.8 Å². The third-order valence-corrected chi connectivity index (χ3v) is 8.82. The summed E-state index contributed by atoms with van der Waals surface area (Å²) in [5.74, 6) is 3.50. The van der Waals surface area contributed by atoms with Crippen molar-refractivity contribution in [3.8, 4) is 0 Å². The maximum atomic E-state index is 4.99. The van der Waals surface area contributed by atoms with E-state index in [4.69, 9.17) is 4.98 Å². The Kier molecular flexibility index (Phi) is 12.2. The number of hydrogen-bond acceptors (Lipinski definition) is 1. The van der Waals surface area contributed by atoms with Crippen LogP contribution < -0.4 is 0 Å². The normalized spacial score (nSPS) is 26.3.